The molecule has 2 aliphatic rings. The number of amides is 1. The zero-order valence-electron chi connectivity index (χ0n) is 23.3. The Morgan fingerprint density at radius 1 is 1.03 bits per heavy atom. The van der Waals surface area contributed by atoms with E-state index >= 15 is 0 Å². The van der Waals surface area contributed by atoms with E-state index in [0.717, 1.165) is 39.1 Å². The first kappa shape index (κ1) is 26.7. The van der Waals surface area contributed by atoms with Crippen molar-refractivity contribution in [3.63, 3.8) is 0 Å². The van der Waals surface area contributed by atoms with E-state index in [9.17, 15) is 4.79 Å². The molecule has 4 nitrogen and oxygen atoms in total. The Balaban J connectivity index is 1.33. The van der Waals surface area contributed by atoms with Crippen LogP contribution in [0.3, 0.4) is 0 Å². The molecule has 0 saturated carbocycles. The molecule has 1 aliphatic heterocycles. The Morgan fingerprint density at radius 2 is 1.74 bits per heavy atom. The second-order valence-corrected chi connectivity index (χ2v) is 13.0. The van der Waals surface area contributed by atoms with E-state index in [1.165, 1.54) is 40.1 Å². The van der Waals surface area contributed by atoms with Gasteiger partial charge in [0.2, 0.25) is 5.91 Å². The van der Waals surface area contributed by atoms with Crippen LogP contribution in [-0.2, 0) is 0 Å². The average Bonchev–Trinajstić information content (AvgIpc) is 3.40. The minimum absolute atomic E-state index is 0.342. The summed E-state index contributed by atoms with van der Waals surface area (Å²) in [4.78, 5) is 17.9. The molecule has 0 radical (unpaired) electrons. The first-order valence-corrected chi connectivity index (χ1v) is 14.8. The molecule has 0 unspecified atom stereocenters. The molecule has 200 valence electrons. The van der Waals surface area contributed by atoms with Crippen molar-refractivity contribution in [3.8, 4) is 11.1 Å². The number of hydrogen-bond donors (Lipinski definition) is 1. The number of nitrogens with two attached hydrogens (primary N) is 1. The smallest absolute Gasteiger partial charge is 0.248 e. The molecule has 1 saturated heterocycles. The third-order valence-corrected chi connectivity index (χ3v) is 9.27. The summed E-state index contributed by atoms with van der Waals surface area (Å²) in [5.74, 6) is 0.140. The van der Waals surface area contributed by atoms with Gasteiger partial charge in [-0.25, -0.2) is 0 Å². The van der Waals surface area contributed by atoms with Gasteiger partial charge in [-0.2, -0.15) is 0 Å². The van der Waals surface area contributed by atoms with E-state index in [1.54, 1.807) is 11.1 Å². The normalized spacial score (nSPS) is 18.3. The molecule has 38 heavy (non-hydrogen) atoms. The minimum Gasteiger partial charge on any atom is -0.369 e. The summed E-state index contributed by atoms with van der Waals surface area (Å²) in [6.07, 6.45) is 3.60. The van der Waals surface area contributed by atoms with Crippen LogP contribution in [0.5, 0.6) is 0 Å². The van der Waals surface area contributed by atoms with Gasteiger partial charge in [0, 0.05) is 48.9 Å². The van der Waals surface area contributed by atoms with Gasteiger partial charge in [0.15, 0.2) is 0 Å². The quantitative estimate of drug-likeness (QED) is 0.348. The molecular weight excluding hydrogens is 486 g/mol. The second-order valence-electron chi connectivity index (χ2n) is 12.0. The maximum atomic E-state index is 11.4. The Bertz CT molecular complexity index is 1310. The number of allylic oxidation sites excluding steroid dienone is 1. The van der Waals surface area contributed by atoms with Crippen molar-refractivity contribution in [2.24, 2.45) is 11.1 Å². The highest BCUT2D eigenvalue weighted by Crippen LogP contribution is 2.46. The maximum absolute atomic E-state index is 11.4. The molecule has 2 heterocycles. The summed E-state index contributed by atoms with van der Waals surface area (Å²) in [6, 6.07) is 19.0. The standard InChI is InChI=1S/C33H41N3OS/c1-23(2)28-7-5-6-8-29(28)26-19-31(38-22-26)30-20-33(3,4)14-13-25(30)21-35-15-17-36(18-16-35)27-11-9-24(10-12-27)32(34)37/h5-12,19,22-23H,13-18,20-21H2,1-4H3,(H2,34,37). The fourth-order valence-corrected chi connectivity index (χ4v) is 6.94. The van der Waals surface area contributed by atoms with Crippen LogP contribution in [0.1, 0.15) is 73.7 Å². The summed E-state index contributed by atoms with van der Waals surface area (Å²) >= 11 is 1.92. The highest BCUT2D eigenvalue weighted by molar-refractivity contribution is 7.11. The molecule has 0 spiro atoms. The van der Waals surface area contributed by atoms with Crippen molar-refractivity contribution in [1.29, 1.82) is 0 Å². The molecule has 2 aromatic carbocycles. The number of hydrogen-bond acceptors (Lipinski definition) is 4. The molecule has 1 aromatic heterocycles. The van der Waals surface area contributed by atoms with Gasteiger partial charge < -0.3 is 10.6 Å². The monoisotopic (exact) mass is 527 g/mol. The number of carbonyl (C=O) groups excluding carboxylic acids is 1. The zero-order valence-corrected chi connectivity index (χ0v) is 24.1. The fraction of sp³-hybridized carbons (Fsp3) is 0.424. The molecule has 5 heteroatoms. The summed E-state index contributed by atoms with van der Waals surface area (Å²) < 4.78 is 0. The van der Waals surface area contributed by atoms with Crippen molar-refractivity contribution < 1.29 is 4.79 Å². The number of primary amides is 1. The van der Waals surface area contributed by atoms with Crippen molar-refractivity contribution in [2.75, 3.05) is 37.6 Å². The molecule has 1 fully saturated rings. The third-order valence-electron chi connectivity index (χ3n) is 8.28. The highest BCUT2D eigenvalue weighted by Gasteiger charge is 2.30. The van der Waals surface area contributed by atoms with Crippen molar-refractivity contribution in [1.82, 2.24) is 4.90 Å². The molecule has 3 aromatic rings. The number of thiophene rings is 1. The lowest BCUT2D eigenvalue weighted by Gasteiger charge is -2.39. The van der Waals surface area contributed by atoms with Crippen LogP contribution in [0.4, 0.5) is 5.69 Å². The number of carbonyl (C=O) groups is 1. The van der Waals surface area contributed by atoms with Crippen LogP contribution in [0.15, 0.2) is 65.6 Å². The SMILES string of the molecule is CC(C)c1ccccc1-c1csc(C2=C(CN3CCN(c4ccc(C(N)=O)cc4)CC3)CCC(C)(C)C2)c1. The fourth-order valence-electron chi connectivity index (χ4n) is 5.94. The van der Waals surface area contributed by atoms with Gasteiger partial charge in [0.1, 0.15) is 0 Å². The van der Waals surface area contributed by atoms with E-state index in [1.807, 2.05) is 35.6 Å². The van der Waals surface area contributed by atoms with E-state index in [2.05, 4.69) is 73.2 Å². The summed E-state index contributed by atoms with van der Waals surface area (Å²) in [6.45, 7) is 14.6. The van der Waals surface area contributed by atoms with Gasteiger partial charge in [-0.1, -0.05) is 57.5 Å². The third kappa shape index (κ3) is 5.89. The van der Waals surface area contributed by atoms with Gasteiger partial charge in [-0.3, -0.25) is 9.69 Å². The average molecular weight is 528 g/mol. The van der Waals surface area contributed by atoms with Crippen LogP contribution < -0.4 is 10.6 Å². The van der Waals surface area contributed by atoms with E-state index in [0.29, 0.717) is 16.9 Å². The van der Waals surface area contributed by atoms with Gasteiger partial charge in [-0.15, -0.1) is 11.3 Å². The first-order chi connectivity index (χ1) is 18.2. The number of anilines is 1. The lowest BCUT2D eigenvalue weighted by atomic mass is 9.73. The lowest BCUT2D eigenvalue weighted by Crippen LogP contribution is -2.47. The largest absolute Gasteiger partial charge is 0.369 e. The highest BCUT2D eigenvalue weighted by atomic mass is 32.1. The lowest BCUT2D eigenvalue weighted by molar-refractivity contribution is 0.100. The molecular formula is C33H41N3OS. The Hall–Kier alpha value is -2.89. The summed E-state index contributed by atoms with van der Waals surface area (Å²) in [5.41, 5.74) is 14.9. The predicted octanol–water partition coefficient (Wildman–Crippen LogP) is 7.42. The van der Waals surface area contributed by atoms with E-state index < -0.39 is 0 Å². The van der Waals surface area contributed by atoms with Crippen LogP contribution in [0.2, 0.25) is 0 Å². The second kappa shape index (κ2) is 11.1. The molecule has 1 amide bonds. The van der Waals surface area contributed by atoms with Gasteiger partial charge >= 0.3 is 0 Å². The Labute approximate surface area is 232 Å². The Morgan fingerprint density at radius 3 is 2.42 bits per heavy atom. The molecule has 0 atom stereocenters. The van der Waals surface area contributed by atoms with Crippen LogP contribution in [-0.4, -0.2) is 43.5 Å². The van der Waals surface area contributed by atoms with Crippen molar-refractivity contribution in [3.05, 3.63) is 81.6 Å². The molecule has 1 aliphatic carbocycles. The number of rotatable bonds is 7. The van der Waals surface area contributed by atoms with Gasteiger partial charge in [0.25, 0.3) is 0 Å². The number of piperazine rings is 1. The van der Waals surface area contributed by atoms with Crippen LogP contribution >= 0.6 is 11.3 Å². The minimum atomic E-state index is -0.372. The summed E-state index contributed by atoms with van der Waals surface area (Å²) in [5, 5.41) is 2.37. The Kier molecular flexibility index (Phi) is 7.78. The summed E-state index contributed by atoms with van der Waals surface area (Å²) in [7, 11) is 0. The van der Waals surface area contributed by atoms with E-state index in [4.69, 9.17) is 5.73 Å². The molecule has 2 N–H and O–H groups in total. The van der Waals surface area contributed by atoms with Crippen molar-refractivity contribution >= 4 is 28.5 Å². The van der Waals surface area contributed by atoms with Gasteiger partial charge in [0.05, 0.1) is 0 Å². The van der Waals surface area contributed by atoms with Crippen molar-refractivity contribution in [2.45, 2.75) is 52.9 Å². The van der Waals surface area contributed by atoms with Crippen LogP contribution in [0, 0.1) is 5.41 Å². The zero-order chi connectivity index (χ0) is 26.9. The first-order valence-electron chi connectivity index (χ1n) is 14.0. The number of nitrogens with zero attached hydrogens (tertiary/aromatic N) is 2. The maximum Gasteiger partial charge on any atom is 0.248 e. The predicted molar refractivity (Wildman–Crippen MR) is 162 cm³/mol. The topological polar surface area (TPSA) is 49.6 Å². The number of benzene rings is 2. The molecule has 5 rings (SSSR count). The molecule has 0 bridgehead atoms. The van der Waals surface area contributed by atoms with E-state index in [-0.39, 0.29) is 5.91 Å². The van der Waals surface area contributed by atoms with Gasteiger partial charge in [-0.05, 0) is 88.6 Å². The van der Waals surface area contributed by atoms with Crippen LogP contribution in [0.25, 0.3) is 16.7 Å².